The lowest BCUT2D eigenvalue weighted by molar-refractivity contribution is -0.131. The van der Waals surface area contributed by atoms with Gasteiger partial charge in [0.2, 0.25) is 11.9 Å². The van der Waals surface area contributed by atoms with E-state index in [1.165, 1.54) is 0 Å². The van der Waals surface area contributed by atoms with Gasteiger partial charge >= 0.3 is 0 Å². The second kappa shape index (κ2) is 11.0. The maximum Gasteiger partial charge on any atom is 0.225 e. The highest BCUT2D eigenvalue weighted by Crippen LogP contribution is 2.21. The average Bonchev–Trinajstić information content (AvgIpc) is 2.71. The number of hydrogen-bond acceptors (Lipinski definition) is 5. The first-order chi connectivity index (χ1) is 13.8. The van der Waals surface area contributed by atoms with Gasteiger partial charge in [0.05, 0.1) is 0 Å². The predicted octanol–water partition coefficient (Wildman–Crippen LogP) is 1.90. The van der Waals surface area contributed by atoms with Crippen molar-refractivity contribution in [3.8, 4) is 0 Å². The standard InChI is InChI=1S/C21H37N7O/c1-17(7-9-21(2,3)4)26-19(22-5)23-12-8-18(29)27-13-15-28(16-14-27)20-24-10-6-11-25-20/h6,10-11,17H,7-9,12-16H2,1-5H3,(H2,22,23,26). The molecule has 0 saturated carbocycles. The van der Waals surface area contributed by atoms with Gasteiger partial charge in [-0.2, -0.15) is 0 Å². The predicted molar refractivity (Wildman–Crippen MR) is 118 cm³/mol. The molecule has 0 bridgehead atoms. The van der Waals surface area contributed by atoms with Gasteiger partial charge in [0.25, 0.3) is 0 Å². The Balaban J connectivity index is 1.67. The lowest BCUT2D eigenvalue weighted by atomic mass is 9.89. The van der Waals surface area contributed by atoms with Crippen LogP contribution in [0.2, 0.25) is 0 Å². The highest BCUT2D eigenvalue weighted by molar-refractivity contribution is 5.81. The van der Waals surface area contributed by atoms with Crippen molar-refractivity contribution in [1.29, 1.82) is 0 Å². The van der Waals surface area contributed by atoms with E-state index in [1.807, 2.05) is 11.0 Å². The van der Waals surface area contributed by atoms with E-state index in [-0.39, 0.29) is 5.91 Å². The largest absolute Gasteiger partial charge is 0.356 e. The fraction of sp³-hybridized carbons (Fsp3) is 0.714. The first kappa shape index (κ1) is 22.9. The summed E-state index contributed by atoms with van der Waals surface area (Å²) in [5.74, 6) is 1.66. The summed E-state index contributed by atoms with van der Waals surface area (Å²) < 4.78 is 0. The number of anilines is 1. The number of guanidine groups is 1. The molecule has 0 spiro atoms. The number of aromatic nitrogens is 2. The van der Waals surface area contributed by atoms with Crippen LogP contribution in [0.4, 0.5) is 5.95 Å². The van der Waals surface area contributed by atoms with Crippen molar-refractivity contribution < 1.29 is 4.79 Å². The summed E-state index contributed by atoms with van der Waals surface area (Å²) in [7, 11) is 1.76. The molecule has 162 valence electrons. The SMILES string of the molecule is CN=C(NCCC(=O)N1CCN(c2ncccn2)CC1)NC(C)CCC(C)(C)C. The van der Waals surface area contributed by atoms with Crippen molar-refractivity contribution in [2.75, 3.05) is 44.7 Å². The Morgan fingerprint density at radius 2 is 1.86 bits per heavy atom. The van der Waals surface area contributed by atoms with Crippen molar-refractivity contribution >= 4 is 17.8 Å². The Hall–Kier alpha value is -2.38. The Morgan fingerprint density at radius 3 is 2.45 bits per heavy atom. The molecule has 1 aromatic rings. The van der Waals surface area contributed by atoms with E-state index in [0.717, 1.165) is 37.8 Å². The Kier molecular flexibility index (Phi) is 8.67. The van der Waals surface area contributed by atoms with Gasteiger partial charge in [0.15, 0.2) is 5.96 Å². The number of carbonyl (C=O) groups is 1. The summed E-state index contributed by atoms with van der Waals surface area (Å²) in [4.78, 5) is 29.4. The van der Waals surface area contributed by atoms with E-state index in [0.29, 0.717) is 37.5 Å². The minimum absolute atomic E-state index is 0.169. The second-order valence-electron chi connectivity index (χ2n) is 8.81. The molecule has 1 aliphatic heterocycles. The number of nitrogens with zero attached hydrogens (tertiary/aromatic N) is 5. The van der Waals surface area contributed by atoms with Crippen LogP contribution in [0.1, 0.15) is 47.0 Å². The molecular formula is C21H37N7O. The molecular weight excluding hydrogens is 366 g/mol. The smallest absolute Gasteiger partial charge is 0.225 e. The molecule has 1 atom stereocenters. The van der Waals surface area contributed by atoms with Crippen LogP contribution in [-0.2, 0) is 4.79 Å². The zero-order chi connectivity index (χ0) is 21.3. The second-order valence-corrected chi connectivity index (χ2v) is 8.81. The monoisotopic (exact) mass is 403 g/mol. The zero-order valence-electron chi connectivity index (χ0n) is 18.6. The van der Waals surface area contributed by atoms with Crippen molar-refractivity contribution in [2.45, 2.75) is 53.0 Å². The van der Waals surface area contributed by atoms with Gasteiger partial charge in [0, 0.05) is 64.6 Å². The molecule has 0 radical (unpaired) electrons. The third-order valence-corrected chi connectivity index (χ3v) is 5.03. The molecule has 8 heteroatoms. The van der Waals surface area contributed by atoms with Crippen molar-refractivity contribution in [1.82, 2.24) is 25.5 Å². The summed E-state index contributed by atoms with van der Waals surface area (Å²) >= 11 is 0. The molecule has 1 saturated heterocycles. The number of nitrogens with one attached hydrogen (secondary N) is 2. The Morgan fingerprint density at radius 1 is 1.21 bits per heavy atom. The maximum atomic E-state index is 12.5. The lowest BCUT2D eigenvalue weighted by Gasteiger charge is -2.34. The summed E-state index contributed by atoms with van der Waals surface area (Å²) in [5, 5.41) is 6.67. The third kappa shape index (κ3) is 8.25. The fourth-order valence-corrected chi connectivity index (χ4v) is 3.21. The Bertz CT molecular complexity index is 649. The number of piperazine rings is 1. The number of aliphatic imine (C=N–C) groups is 1. The molecule has 2 N–H and O–H groups in total. The summed E-state index contributed by atoms with van der Waals surface area (Å²) in [6.07, 6.45) is 6.18. The molecule has 0 aromatic carbocycles. The maximum absolute atomic E-state index is 12.5. The van der Waals surface area contributed by atoms with E-state index in [9.17, 15) is 4.79 Å². The number of hydrogen-bond donors (Lipinski definition) is 2. The van der Waals surface area contributed by atoms with Crippen LogP contribution in [0.5, 0.6) is 0 Å². The number of rotatable bonds is 7. The molecule has 0 aliphatic carbocycles. The fourth-order valence-electron chi connectivity index (χ4n) is 3.21. The number of carbonyl (C=O) groups excluding carboxylic acids is 1. The van der Waals surface area contributed by atoms with Crippen molar-refractivity contribution in [3.63, 3.8) is 0 Å². The van der Waals surface area contributed by atoms with Crippen LogP contribution >= 0.6 is 0 Å². The molecule has 1 unspecified atom stereocenters. The van der Waals surface area contributed by atoms with E-state index in [2.05, 4.69) is 58.2 Å². The first-order valence-corrected chi connectivity index (χ1v) is 10.6. The van der Waals surface area contributed by atoms with Crippen LogP contribution in [0.15, 0.2) is 23.5 Å². The van der Waals surface area contributed by atoms with E-state index >= 15 is 0 Å². The third-order valence-electron chi connectivity index (χ3n) is 5.03. The van der Waals surface area contributed by atoms with Crippen LogP contribution in [-0.4, -0.2) is 72.5 Å². The Labute approximate surface area is 175 Å². The van der Waals surface area contributed by atoms with Crippen LogP contribution in [0.25, 0.3) is 0 Å². The molecule has 29 heavy (non-hydrogen) atoms. The average molecular weight is 404 g/mol. The van der Waals surface area contributed by atoms with Gasteiger partial charge in [-0.3, -0.25) is 9.79 Å². The van der Waals surface area contributed by atoms with Gasteiger partial charge < -0.3 is 20.4 Å². The minimum Gasteiger partial charge on any atom is -0.356 e. The summed E-state index contributed by atoms with van der Waals surface area (Å²) in [6, 6.07) is 2.15. The van der Waals surface area contributed by atoms with Gasteiger partial charge in [-0.1, -0.05) is 20.8 Å². The molecule has 1 aliphatic rings. The highest BCUT2D eigenvalue weighted by Gasteiger charge is 2.22. The normalized spacial score (nSPS) is 16.5. The van der Waals surface area contributed by atoms with Crippen molar-refractivity contribution in [3.05, 3.63) is 18.5 Å². The quantitative estimate of drug-likeness (QED) is 0.534. The lowest BCUT2D eigenvalue weighted by Crippen LogP contribution is -2.50. The van der Waals surface area contributed by atoms with Gasteiger partial charge in [0.1, 0.15) is 0 Å². The van der Waals surface area contributed by atoms with Crippen LogP contribution in [0.3, 0.4) is 0 Å². The molecule has 1 fully saturated rings. The van der Waals surface area contributed by atoms with E-state index in [1.54, 1.807) is 19.4 Å². The molecule has 1 amide bonds. The van der Waals surface area contributed by atoms with E-state index in [4.69, 9.17) is 0 Å². The van der Waals surface area contributed by atoms with E-state index < -0.39 is 0 Å². The molecule has 2 heterocycles. The van der Waals surface area contributed by atoms with Crippen LogP contribution in [0, 0.1) is 5.41 Å². The summed E-state index contributed by atoms with van der Waals surface area (Å²) in [5.41, 5.74) is 0.329. The van der Waals surface area contributed by atoms with Gasteiger partial charge in [-0.05, 0) is 31.2 Å². The van der Waals surface area contributed by atoms with Crippen LogP contribution < -0.4 is 15.5 Å². The molecule has 2 rings (SSSR count). The van der Waals surface area contributed by atoms with Gasteiger partial charge in [-0.25, -0.2) is 9.97 Å². The summed E-state index contributed by atoms with van der Waals surface area (Å²) in [6.45, 7) is 12.4. The van der Waals surface area contributed by atoms with Gasteiger partial charge in [-0.15, -0.1) is 0 Å². The molecule has 1 aromatic heterocycles. The van der Waals surface area contributed by atoms with Crippen molar-refractivity contribution in [2.24, 2.45) is 10.4 Å². The highest BCUT2D eigenvalue weighted by atomic mass is 16.2. The first-order valence-electron chi connectivity index (χ1n) is 10.6. The molecule has 8 nitrogen and oxygen atoms in total. The topological polar surface area (TPSA) is 85.8 Å². The minimum atomic E-state index is 0.169. The number of amides is 1. The zero-order valence-corrected chi connectivity index (χ0v) is 18.6.